The fourth-order valence-electron chi connectivity index (χ4n) is 1.25. The molecule has 0 aromatic heterocycles. The monoisotopic (exact) mass is 208 g/mol. The number of anilines is 1. The Labute approximate surface area is 89.5 Å². The molecule has 0 saturated heterocycles. The van der Waals surface area contributed by atoms with Crippen molar-refractivity contribution in [1.29, 1.82) is 0 Å². The van der Waals surface area contributed by atoms with Crippen molar-refractivity contribution in [2.75, 3.05) is 25.0 Å². The predicted octanol–water partition coefficient (Wildman–Crippen LogP) is 1.53. The third kappa shape index (κ3) is 3.59. The van der Waals surface area contributed by atoms with E-state index in [2.05, 4.69) is 5.32 Å². The quantitative estimate of drug-likeness (QED) is 0.788. The number of rotatable bonds is 4. The van der Waals surface area contributed by atoms with Gasteiger partial charge in [-0.05, 0) is 19.1 Å². The molecule has 82 valence electrons. The number of nitrogens with zero attached hydrogens (tertiary/aromatic N) is 1. The molecule has 0 spiro atoms. The van der Waals surface area contributed by atoms with E-state index in [1.165, 1.54) is 0 Å². The molecule has 0 radical (unpaired) electrons. The van der Waals surface area contributed by atoms with Crippen LogP contribution in [-0.2, 0) is 0 Å². The van der Waals surface area contributed by atoms with E-state index in [4.69, 9.17) is 5.11 Å². The van der Waals surface area contributed by atoms with Crippen molar-refractivity contribution in [2.24, 2.45) is 0 Å². The van der Waals surface area contributed by atoms with Crippen LogP contribution in [0.4, 0.5) is 10.5 Å². The summed E-state index contributed by atoms with van der Waals surface area (Å²) in [6.07, 6.45) is 0. The van der Waals surface area contributed by atoms with Gasteiger partial charge in [0.05, 0.1) is 6.61 Å². The molecule has 0 aliphatic heterocycles. The van der Waals surface area contributed by atoms with E-state index in [0.29, 0.717) is 13.1 Å². The first-order chi connectivity index (χ1) is 7.27. The number of likely N-dealkylation sites (N-methyl/N-ethyl adjacent to an activating group) is 1. The van der Waals surface area contributed by atoms with Crippen LogP contribution < -0.4 is 5.32 Å². The number of urea groups is 1. The molecular weight excluding hydrogens is 192 g/mol. The lowest BCUT2D eigenvalue weighted by Gasteiger charge is -2.20. The maximum Gasteiger partial charge on any atom is 0.321 e. The summed E-state index contributed by atoms with van der Waals surface area (Å²) in [5.41, 5.74) is 0.763. The number of aliphatic hydroxyl groups is 1. The zero-order valence-electron chi connectivity index (χ0n) is 8.81. The van der Waals surface area contributed by atoms with Gasteiger partial charge in [-0.25, -0.2) is 4.79 Å². The largest absolute Gasteiger partial charge is 0.395 e. The Hall–Kier alpha value is -1.55. The minimum absolute atomic E-state index is 0.0178. The second-order valence-corrected chi connectivity index (χ2v) is 3.10. The molecule has 0 aliphatic rings. The molecule has 15 heavy (non-hydrogen) atoms. The highest BCUT2D eigenvalue weighted by atomic mass is 16.3. The average Bonchev–Trinajstić information content (AvgIpc) is 2.27. The van der Waals surface area contributed by atoms with Crippen LogP contribution in [-0.4, -0.2) is 35.7 Å². The van der Waals surface area contributed by atoms with Crippen LogP contribution in [0.3, 0.4) is 0 Å². The highest BCUT2D eigenvalue weighted by Crippen LogP contribution is 2.06. The molecule has 1 rings (SSSR count). The lowest BCUT2D eigenvalue weighted by Crippen LogP contribution is -2.36. The highest BCUT2D eigenvalue weighted by molar-refractivity contribution is 5.89. The number of amides is 2. The lowest BCUT2D eigenvalue weighted by atomic mass is 10.3. The molecule has 2 N–H and O–H groups in total. The smallest absolute Gasteiger partial charge is 0.321 e. The summed E-state index contributed by atoms with van der Waals surface area (Å²) >= 11 is 0. The molecule has 2 amide bonds. The van der Waals surface area contributed by atoms with E-state index in [-0.39, 0.29) is 12.6 Å². The maximum atomic E-state index is 11.6. The number of hydrogen-bond acceptors (Lipinski definition) is 2. The van der Waals surface area contributed by atoms with Gasteiger partial charge in [0, 0.05) is 18.8 Å². The topological polar surface area (TPSA) is 52.6 Å². The Balaban J connectivity index is 2.54. The first-order valence-corrected chi connectivity index (χ1v) is 4.99. The molecule has 4 heteroatoms. The van der Waals surface area contributed by atoms with Gasteiger partial charge in [0.1, 0.15) is 0 Å². The van der Waals surface area contributed by atoms with E-state index < -0.39 is 0 Å². The summed E-state index contributed by atoms with van der Waals surface area (Å²) in [7, 11) is 0. The van der Waals surface area contributed by atoms with Crippen molar-refractivity contribution in [3.63, 3.8) is 0 Å². The van der Waals surface area contributed by atoms with E-state index in [0.717, 1.165) is 5.69 Å². The fourth-order valence-corrected chi connectivity index (χ4v) is 1.25. The Morgan fingerprint density at radius 1 is 1.40 bits per heavy atom. The summed E-state index contributed by atoms with van der Waals surface area (Å²) in [4.78, 5) is 13.2. The minimum Gasteiger partial charge on any atom is -0.395 e. The summed E-state index contributed by atoms with van der Waals surface area (Å²) in [6, 6.07) is 9.07. The van der Waals surface area contributed by atoms with E-state index in [1.54, 1.807) is 4.90 Å². The Kier molecular flexibility index (Phi) is 4.63. The molecule has 0 saturated carbocycles. The average molecular weight is 208 g/mol. The first kappa shape index (κ1) is 11.5. The second kappa shape index (κ2) is 6.03. The standard InChI is InChI=1S/C11H16N2O2/c1-2-13(8-9-14)11(15)12-10-6-4-3-5-7-10/h3-7,14H,2,8-9H2,1H3,(H,12,15). The Morgan fingerprint density at radius 2 is 2.07 bits per heavy atom. The number of carbonyl (C=O) groups is 1. The second-order valence-electron chi connectivity index (χ2n) is 3.10. The van der Waals surface area contributed by atoms with Crippen LogP contribution in [0, 0.1) is 0 Å². The predicted molar refractivity (Wildman–Crippen MR) is 59.8 cm³/mol. The van der Waals surface area contributed by atoms with E-state index >= 15 is 0 Å². The van der Waals surface area contributed by atoms with Gasteiger partial charge in [0.15, 0.2) is 0 Å². The third-order valence-corrected chi connectivity index (χ3v) is 2.06. The number of hydrogen-bond donors (Lipinski definition) is 2. The molecule has 0 fully saturated rings. The fraction of sp³-hybridized carbons (Fsp3) is 0.364. The van der Waals surface area contributed by atoms with Crippen LogP contribution in [0.5, 0.6) is 0 Å². The van der Waals surface area contributed by atoms with Crippen molar-refractivity contribution in [3.8, 4) is 0 Å². The van der Waals surface area contributed by atoms with Crippen LogP contribution >= 0.6 is 0 Å². The number of nitrogens with one attached hydrogen (secondary N) is 1. The van der Waals surface area contributed by atoms with Crippen LogP contribution in [0.1, 0.15) is 6.92 Å². The molecule has 1 aromatic carbocycles. The van der Waals surface area contributed by atoms with Crippen molar-refractivity contribution in [2.45, 2.75) is 6.92 Å². The highest BCUT2D eigenvalue weighted by Gasteiger charge is 2.09. The summed E-state index contributed by atoms with van der Waals surface area (Å²) in [5, 5.41) is 11.5. The van der Waals surface area contributed by atoms with Crippen LogP contribution in [0.15, 0.2) is 30.3 Å². The summed E-state index contributed by atoms with van der Waals surface area (Å²) in [5.74, 6) is 0. The molecule has 1 aromatic rings. The normalized spacial score (nSPS) is 9.73. The number of aliphatic hydroxyl groups excluding tert-OH is 1. The molecule has 0 heterocycles. The molecule has 0 aliphatic carbocycles. The van der Waals surface area contributed by atoms with Crippen molar-refractivity contribution >= 4 is 11.7 Å². The first-order valence-electron chi connectivity index (χ1n) is 4.99. The molecule has 4 nitrogen and oxygen atoms in total. The lowest BCUT2D eigenvalue weighted by molar-refractivity contribution is 0.192. The van der Waals surface area contributed by atoms with Crippen molar-refractivity contribution in [1.82, 2.24) is 4.90 Å². The van der Waals surface area contributed by atoms with Gasteiger partial charge in [-0.1, -0.05) is 18.2 Å². The Morgan fingerprint density at radius 3 is 2.60 bits per heavy atom. The SMILES string of the molecule is CCN(CCO)C(=O)Nc1ccccc1. The Bertz CT molecular complexity index is 301. The molecule has 0 bridgehead atoms. The van der Waals surface area contributed by atoms with Crippen molar-refractivity contribution < 1.29 is 9.90 Å². The van der Waals surface area contributed by atoms with Gasteiger partial charge in [0.2, 0.25) is 0 Å². The summed E-state index contributed by atoms with van der Waals surface area (Å²) < 4.78 is 0. The maximum absolute atomic E-state index is 11.6. The van der Waals surface area contributed by atoms with E-state index in [1.807, 2.05) is 37.3 Å². The number of carbonyl (C=O) groups excluding carboxylic acids is 1. The zero-order chi connectivity index (χ0) is 11.1. The van der Waals surface area contributed by atoms with Gasteiger partial charge in [-0.15, -0.1) is 0 Å². The van der Waals surface area contributed by atoms with Crippen LogP contribution in [0.2, 0.25) is 0 Å². The molecule has 0 unspecified atom stereocenters. The van der Waals surface area contributed by atoms with Gasteiger partial charge >= 0.3 is 6.03 Å². The number of benzene rings is 1. The zero-order valence-corrected chi connectivity index (χ0v) is 8.81. The molecular formula is C11H16N2O2. The van der Waals surface area contributed by atoms with Gasteiger partial charge < -0.3 is 15.3 Å². The molecule has 0 atom stereocenters. The van der Waals surface area contributed by atoms with Gasteiger partial charge in [0.25, 0.3) is 0 Å². The summed E-state index contributed by atoms with van der Waals surface area (Å²) in [6.45, 7) is 2.80. The number of para-hydroxylation sites is 1. The van der Waals surface area contributed by atoms with Crippen LogP contribution in [0.25, 0.3) is 0 Å². The third-order valence-electron chi connectivity index (χ3n) is 2.06. The van der Waals surface area contributed by atoms with Crippen molar-refractivity contribution in [3.05, 3.63) is 30.3 Å². The van der Waals surface area contributed by atoms with E-state index in [9.17, 15) is 4.79 Å². The minimum atomic E-state index is -0.183. The van der Waals surface area contributed by atoms with Gasteiger partial charge in [-0.2, -0.15) is 0 Å². The van der Waals surface area contributed by atoms with Gasteiger partial charge in [-0.3, -0.25) is 0 Å².